The second kappa shape index (κ2) is 5.27. The molecule has 2 aromatic rings. The molecular weight excluding hydrogens is 318 g/mol. The number of aryl methyl sites for hydroxylation is 2. The Morgan fingerprint density at radius 2 is 1.80 bits per heavy atom. The summed E-state index contributed by atoms with van der Waals surface area (Å²) in [7, 11) is 3.57. The van der Waals surface area contributed by atoms with Crippen LogP contribution in [0, 0.1) is 13.8 Å². The lowest BCUT2D eigenvalue weighted by molar-refractivity contribution is -0.677. The molecular formula is C18H20N5O2+. The van der Waals surface area contributed by atoms with Crippen LogP contribution >= 0.6 is 0 Å². The summed E-state index contributed by atoms with van der Waals surface area (Å²) in [5, 5.41) is 0. The third kappa shape index (κ3) is 2.19. The molecule has 0 spiro atoms. The topological polar surface area (TPSA) is 61.8 Å². The van der Waals surface area contributed by atoms with Crippen molar-refractivity contribution < 1.29 is 14.2 Å². The van der Waals surface area contributed by atoms with Crippen LogP contribution < -0.4 is 4.57 Å². The highest BCUT2D eigenvalue weighted by atomic mass is 16.2. The molecule has 3 heterocycles. The van der Waals surface area contributed by atoms with E-state index < -0.39 is 6.04 Å². The molecule has 7 nitrogen and oxygen atoms in total. The van der Waals surface area contributed by atoms with Gasteiger partial charge in [-0.2, -0.15) is 0 Å². The summed E-state index contributed by atoms with van der Waals surface area (Å²) in [5.74, 6) is 0.931. The molecule has 7 heteroatoms. The molecule has 2 aliphatic rings. The van der Waals surface area contributed by atoms with Gasteiger partial charge in [-0.25, -0.2) is 13.9 Å². The van der Waals surface area contributed by atoms with E-state index in [1.54, 1.807) is 7.05 Å². The lowest BCUT2D eigenvalue weighted by atomic mass is 10.1. The Bertz CT molecular complexity index is 926. The van der Waals surface area contributed by atoms with Crippen LogP contribution in [0.4, 0.5) is 10.7 Å². The Labute approximate surface area is 145 Å². The van der Waals surface area contributed by atoms with Crippen LogP contribution in [0.3, 0.4) is 0 Å². The van der Waals surface area contributed by atoms with E-state index in [9.17, 15) is 9.59 Å². The fraction of sp³-hybridized carbons (Fsp3) is 0.333. The third-order valence-corrected chi connectivity index (χ3v) is 4.95. The lowest BCUT2D eigenvalue weighted by Gasteiger charge is -2.33. The number of rotatable bonds is 2. The molecule has 0 N–H and O–H groups in total. The van der Waals surface area contributed by atoms with E-state index in [2.05, 4.69) is 4.99 Å². The summed E-state index contributed by atoms with van der Waals surface area (Å²) < 4.78 is 3.76. The maximum atomic E-state index is 13.1. The number of carbonyl (C=O) groups excluding carboxylic acids is 2. The van der Waals surface area contributed by atoms with E-state index in [4.69, 9.17) is 0 Å². The molecule has 1 aromatic heterocycles. The predicted molar refractivity (Wildman–Crippen MR) is 91.4 cm³/mol. The van der Waals surface area contributed by atoms with Gasteiger partial charge in [0.25, 0.3) is 5.91 Å². The van der Waals surface area contributed by atoms with E-state index in [1.165, 1.54) is 9.80 Å². The zero-order chi connectivity index (χ0) is 17.9. The van der Waals surface area contributed by atoms with Gasteiger partial charge in [-0.05, 0) is 19.4 Å². The van der Waals surface area contributed by atoms with Gasteiger partial charge in [0, 0.05) is 7.05 Å². The van der Waals surface area contributed by atoms with Gasteiger partial charge in [-0.15, -0.1) is 0 Å². The first-order valence-electron chi connectivity index (χ1n) is 8.19. The van der Waals surface area contributed by atoms with Crippen molar-refractivity contribution in [1.29, 1.82) is 0 Å². The summed E-state index contributed by atoms with van der Waals surface area (Å²) in [6, 6.07) is 6.93. The number of aliphatic imine (C=N–C) groups is 1. The van der Waals surface area contributed by atoms with Crippen LogP contribution in [-0.4, -0.2) is 39.2 Å². The Hall–Kier alpha value is -2.96. The number of urea groups is 1. The van der Waals surface area contributed by atoms with Gasteiger partial charge in [0.2, 0.25) is 11.9 Å². The van der Waals surface area contributed by atoms with Crippen LogP contribution in [0.15, 0.2) is 35.5 Å². The molecule has 0 bridgehead atoms. The number of benzene rings is 1. The average Bonchev–Trinajstić information content (AvgIpc) is 3.09. The number of hydrogen-bond acceptors (Lipinski definition) is 3. The van der Waals surface area contributed by atoms with Crippen LogP contribution in [0.25, 0.3) is 0 Å². The van der Waals surface area contributed by atoms with Gasteiger partial charge in [-0.3, -0.25) is 14.6 Å². The minimum absolute atomic E-state index is 0.239. The molecule has 0 saturated carbocycles. The Morgan fingerprint density at radius 1 is 1.12 bits per heavy atom. The number of carbonyl (C=O) groups is 2. The minimum Gasteiger partial charge on any atom is -0.270 e. The van der Waals surface area contributed by atoms with Gasteiger partial charge >= 0.3 is 12.0 Å². The van der Waals surface area contributed by atoms with Crippen LogP contribution in [0.5, 0.6) is 0 Å². The first kappa shape index (κ1) is 15.6. The first-order valence-corrected chi connectivity index (χ1v) is 8.19. The average molecular weight is 338 g/mol. The van der Waals surface area contributed by atoms with Gasteiger partial charge in [0.15, 0.2) is 0 Å². The van der Waals surface area contributed by atoms with E-state index >= 15 is 0 Å². The second-order valence-corrected chi connectivity index (χ2v) is 6.66. The van der Waals surface area contributed by atoms with Crippen LogP contribution in [0.2, 0.25) is 0 Å². The van der Waals surface area contributed by atoms with Crippen molar-refractivity contribution in [2.45, 2.75) is 26.4 Å². The number of likely N-dealkylation sites (N-methyl/N-ethyl adjacent to an activating group) is 1. The van der Waals surface area contributed by atoms with Gasteiger partial charge < -0.3 is 0 Å². The standard InChI is InChI=1S/C18H20N5O2/c1-11-5-7-13(8-6-11)10-23-16(24)14-15(21(4)18(23)25)19-17-20(3)12(2)9-22(14)17/h5-9,14H,10H2,1-4H3/q+1. The van der Waals surface area contributed by atoms with Crippen molar-refractivity contribution in [3.8, 4) is 0 Å². The van der Waals surface area contributed by atoms with E-state index in [1.807, 2.05) is 60.5 Å². The monoisotopic (exact) mass is 338 g/mol. The summed E-state index contributed by atoms with van der Waals surface area (Å²) in [6.07, 6.45) is 1.90. The normalized spacial score (nSPS) is 19.2. The van der Waals surface area contributed by atoms with Crippen LogP contribution in [0.1, 0.15) is 22.9 Å². The number of imidazole rings is 1. The van der Waals surface area contributed by atoms with E-state index in [-0.39, 0.29) is 18.5 Å². The minimum atomic E-state index is -0.581. The molecule has 0 radical (unpaired) electrons. The molecule has 1 fully saturated rings. The van der Waals surface area contributed by atoms with Gasteiger partial charge in [-0.1, -0.05) is 34.8 Å². The van der Waals surface area contributed by atoms with Crippen molar-refractivity contribution in [2.75, 3.05) is 7.05 Å². The summed E-state index contributed by atoms with van der Waals surface area (Å²) >= 11 is 0. The predicted octanol–water partition coefficient (Wildman–Crippen LogP) is 1.61. The van der Waals surface area contributed by atoms with Crippen molar-refractivity contribution >= 4 is 23.7 Å². The largest absolute Gasteiger partial charge is 0.401 e. The second-order valence-electron chi connectivity index (χ2n) is 6.66. The number of imide groups is 1. The molecule has 1 atom stereocenters. The number of hydrogen-bond donors (Lipinski definition) is 0. The molecule has 4 rings (SSSR count). The number of nitrogens with zero attached hydrogens (tertiary/aromatic N) is 5. The zero-order valence-electron chi connectivity index (χ0n) is 14.7. The summed E-state index contributed by atoms with van der Waals surface area (Å²) in [5.41, 5.74) is 3.08. The highest BCUT2D eigenvalue weighted by Crippen LogP contribution is 2.29. The number of aromatic nitrogens is 2. The maximum Gasteiger partial charge on any atom is 0.401 e. The highest BCUT2D eigenvalue weighted by molar-refractivity contribution is 6.18. The number of amidine groups is 1. The Morgan fingerprint density at radius 3 is 2.48 bits per heavy atom. The molecule has 0 aliphatic carbocycles. The summed E-state index contributed by atoms with van der Waals surface area (Å²) in [6.45, 7) is 4.23. The molecule has 128 valence electrons. The molecule has 1 aromatic carbocycles. The molecule has 1 unspecified atom stereocenters. The summed E-state index contributed by atoms with van der Waals surface area (Å²) in [4.78, 5) is 33.1. The zero-order valence-corrected chi connectivity index (χ0v) is 14.7. The molecule has 3 amide bonds. The smallest absolute Gasteiger partial charge is 0.270 e. The fourth-order valence-electron chi connectivity index (χ4n) is 3.32. The molecule has 2 aliphatic heterocycles. The Kier molecular flexibility index (Phi) is 3.28. The highest BCUT2D eigenvalue weighted by Gasteiger charge is 2.52. The van der Waals surface area contributed by atoms with Gasteiger partial charge in [0.1, 0.15) is 11.9 Å². The first-order chi connectivity index (χ1) is 11.9. The quantitative estimate of drug-likeness (QED) is 0.781. The maximum absolute atomic E-state index is 13.1. The van der Waals surface area contributed by atoms with Crippen LogP contribution in [-0.2, 0) is 18.4 Å². The van der Waals surface area contributed by atoms with Crippen molar-refractivity contribution in [3.63, 3.8) is 0 Å². The van der Waals surface area contributed by atoms with E-state index in [0.717, 1.165) is 16.8 Å². The number of fused-ring (bicyclic) bond motifs is 3. The van der Waals surface area contributed by atoms with E-state index in [0.29, 0.717) is 11.8 Å². The van der Waals surface area contributed by atoms with Crippen molar-refractivity contribution in [3.05, 3.63) is 47.3 Å². The van der Waals surface area contributed by atoms with Crippen molar-refractivity contribution in [2.24, 2.45) is 12.0 Å². The number of amides is 3. The van der Waals surface area contributed by atoms with Crippen molar-refractivity contribution in [1.82, 2.24) is 14.4 Å². The fourth-order valence-corrected chi connectivity index (χ4v) is 3.32. The SMILES string of the molecule is Cc1ccc(CN2C(=O)C3C(=Nc4n(C)c(C)c[n+]43)N(C)C2=O)cc1. The molecule has 25 heavy (non-hydrogen) atoms. The Balaban J connectivity index is 1.72. The van der Waals surface area contributed by atoms with Gasteiger partial charge in [0.05, 0.1) is 13.6 Å². The third-order valence-electron chi connectivity index (χ3n) is 4.95. The molecule has 1 saturated heterocycles. The lowest BCUT2D eigenvalue weighted by Crippen LogP contribution is -2.62.